The van der Waals surface area contributed by atoms with Crippen LogP contribution in [-0.2, 0) is 0 Å². The van der Waals surface area contributed by atoms with Gasteiger partial charge in [0.15, 0.2) is 11.4 Å². The number of para-hydroxylation sites is 1. The van der Waals surface area contributed by atoms with E-state index in [0.717, 1.165) is 17.5 Å². The van der Waals surface area contributed by atoms with E-state index >= 15 is 0 Å². The summed E-state index contributed by atoms with van der Waals surface area (Å²) in [4.78, 5) is 25.6. The van der Waals surface area contributed by atoms with Gasteiger partial charge in [0, 0.05) is 17.3 Å². The van der Waals surface area contributed by atoms with Gasteiger partial charge in [-0.1, -0.05) is 18.2 Å². The van der Waals surface area contributed by atoms with Crippen molar-refractivity contribution in [2.24, 2.45) is 0 Å². The average molecular weight is 456 g/mol. The lowest BCUT2D eigenvalue weighted by Crippen LogP contribution is -2.25. The van der Waals surface area contributed by atoms with E-state index in [1.54, 1.807) is 36.4 Å². The first-order valence-electron chi connectivity index (χ1n) is 10.9. The molecular weight excluding hydrogens is 435 g/mol. The quantitative estimate of drug-likeness (QED) is 0.417. The first kappa shape index (κ1) is 21.4. The molecule has 1 amide bonds. The molecule has 0 bridgehead atoms. The molecule has 3 aromatic carbocycles. The second kappa shape index (κ2) is 9.19. The molecule has 0 saturated heterocycles. The average Bonchev–Trinajstić information content (AvgIpc) is 3.67. The molecule has 1 aliphatic carbocycles. The van der Waals surface area contributed by atoms with Gasteiger partial charge in [0.05, 0.1) is 11.9 Å². The summed E-state index contributed by atoms with van der Waals surface area (Å²) >= 11 is 0. The smallest absolute Gasteiger partial charge is 0.299 e. The molecule has 4 aromatic rings. The molecule has 0 aliphatic heterocycles. The maximum absolute atomic E-state index is 13.4. The molecule has 0 radical (unpaired) electrons. The predicted molar refractivity (Wildman–Crippen MR) is 127 cm³/mol. The standard InChI is InChI=1S/C26H21FN4O3/c27-18-8-14-21(15-9-18)31-26(33)24(23(16-28-31)34-22-4-2-1-3-5-22)29-19-10-6-17(7-11-19)25(32)30-20-12-13-20/h1-11,14-16,20,29H,12-13H2,(H,30,32). The maximum Gasteiger partial charge on any atom is 0.299 e. The van der Waals surface area contributed by atoms with Gasteiger partial charge in [-0.05, 0) is 73.5 Å². The molecule has 5 rings (SSSR count). The van der Waals surface area contributed by atoms with Crippen LogP contribution in [0, 0.1) is 5.82 Å². The number of anilines is 2. The Hall–Kier alpha value is -4.46. The summed E-state index contributed by atoms with van der Waals surface area (Å²) in [7, 11) is 0. The third kappa shape index (κ3) is 4.80. The Bertz CT molecular complexity index is 1370. The predicted octanol–water partition coefficient (Wildman–Crippen LogP) is 4.80. The van der Waals surface area contributed by atoms with Crippen LogP contribution >= 0.6 is 0 Å². The molecule has 0 atom stereocenters. The normalized spacial score (nSPS) is 12.7. The van der Waals surface area contributed by atoms with Crippen LogP contribution in [0.1, 0.15) is 23.2 Å². The number of nitrogens with one attached hydrogen (secondary N) is 2. The number of amides is 1. The monoisotopic (exact) mass is 456 g/mol. The summed E-state index contributed by atoms with van der Waals surface area (Å²) in [6.07, 6.45) is 3.45. The zero-order valence-corrected chi connectivity index (χ0v) is 18.1. The lowest BCUT2D eigenvalue weighted by Gasteiger charge is -2.15. The minimum Gasteiger partial charge on any atom is -0.453 e. The topological polar surface area (TPSA) is 85.2 Å². The van der Waals surface area contributed by atoms with E-state index in [1.165, 1.54) is 30.5 Å². The van der Waals surface area contributed by atoms with Crippen LogP contribution < -0.4 is 20.9 Å². The number of hydrogen-bond acceptors (Lipinski definition) is 5. The zero-order valence-electron chi connectivity index (χ0n) is 18.1. The minimum atomic E-state index is -0.476. The van der Waals surface area contributed by atoms with Gasteiger partial charge in [-0.2, -0.15) is 9.78 Å². The molecule has 1 fully saturated rings. The first-order chi connectivity index (χ1) is 16.6. The van der Waals surface area contributed by atoms with Crippen molar-refractivity contribution in [1.29, 1.82) is 0 Å². The Kier molecular flexibility index (Phi) is 5.78. The molecule has 7 nitrogen and oxygen atoms in total. The van der Waals surface area contributed by atoms with E-state index < -0.39 is 11.4 Å². The van der Waals surface area contributed by atoms with Crippen LogP contribution in [0.15, 0.2) is 89.9 Å². The number of ether oxygens (including phenoxy) is 1. The number of carbonyl (C=O) groups is 1. The van der Waals surface area contributed by atoms with Crippen LogP contribution in [0.4, 0.5) is 15.8 Å². The molecule has 1 aromatic heterocycles. The van der Waals surface area contributed by atoms with Gasteiger partial charge in [0.25, 0.3) is 11.5 Å². The Balaban J connectivity index is 1.48. The van der Waals surface area contributed by atoms with Crippen LogP contribution in [0.3, 0.4) is 0 Å². The molecule has 1 aliphatic rings. The van der Waals surface area contributed by atoms with Gasteiger partial charge in [0.1, 0.15) is 11.6 Å². The SMILES string of the molecule is O=C(NC1CC1)c1ccc(Nc2c(Oc3ccccc3)cnn(-c3ccc(F)cc3)c2=O)cc1. The highest BCUT2D eigenvalue weighted by atomic mass is 19.1. The van der Waals surface area contributed by atoms with E-state index in [0.29, 0.717) is 22.7 Å². The fourth-order valence-corrected chi connectivity index (χ4v) is 3.36. The van der Waals surface area contributed by atoms with Crippen molar-refractivity contribution in [3.63, 3.8) is 0 Å². The highest BCUT2D eigenvalue weighted by molar-refractivity contribution is 5.95. The van der Waals surface area contributed by atoms with Crippen molar-refractivity contribution in [2.45, 2.75) is 18.9 Å². The van der Waals surface area contributed by atoms with Crippen LogP contribution in [0.25, 0.3) is 5.69 Å². The van der Waals surface area contributed by atoms with E-state index in [-0.39, 0.29) is 23.4 Å². The molecule has 1 heterocycles. The third-order valence-corrected chi connectivity index (χ3v) is 5.31. The highest BCUT2D eigenvalue weighted by Gasteiger charge is 2.23. The van der Waals surface area contributed by atoms with Crippen molar-refractivity contribution in [3.8, 4) is 17.2 Å². The number of carbonyl (C=O) groups excluding carboxylic acids is 1. The van der Waals surface area contributed by atoms with Gasteiger partial charge in [-0.25, -0.2) is 4.39 Å². The molecule has 2 N–H and O–H groups in total. The van der Waals surface area contributed by atoms with Crippen LogP contribution in [0.2, 0.25) is 0 Å². The van der Waals surface area contributed by atoms with Gasteiger partial charge in [0.2, 0.25) is 0 Å². The number of hydrogen-bond donors (Lipinski definition) is 2. The van der Waals surface area contributed by atoms with E-state index in [4.69, 9.17) is 4.74 Å². The van der Waals surface area contributed by atoms with Crippen LogP contribution in [0.5, 0.6) is 11.5 Å². The summed E-state index contributed by atoms with van der Waals surface area (Å²) in [5.74, 6) is 0.234. The first-order valence-corrected chi connectivity index (χ1v) is 10.9. The number of rotatable bonds is 7. The second-order valence-corrected chi connectivity index (χ2v) is 7.94. The zero-order chi connectivity index (χ0) is 23.5. The van der Waals surface area contributed by atoms with E-state index in [1.807, 2.05) is 18.2 Å². The molecule has 0 spiro atoms. The minimum absolute atomic E-state index is 0.121. The lowest BCUT2D eigenvalue weighted by atomic mass is 10.2. The molecule has 8 heteroatoms. The number of benzene rings is 3. The Labute approximate surface area is 194 Å². The van der Waals surface area contributed by atoms with Crippen molar-refractivity contribution in [3.05, 3.63) is 107 Å². The summed E-state index contributed by atoms with van der Waals surface area (Å²) in [6, 6.07) is 21.6. The van der Waals surface area contributed by atoms with E-state index in [2.05, 4.69) is 15.7 Å². The van der Waals surface area contributed by atoms with Crippen molar-refractivity contribution in [1.82, 2.24) is 15.1 Å². The van der Waals surface area contributed by atoms with Crippen LogP contribution in [-0.4, -0.2) is 21.7 Å². The van der Waals surface area contributed by atoms with Gasteiger partial charge in [-0.3, -0.25) is 9.59 Å². The highest BCUT2D eigenvalue weighted by Crippen LogP contribution is 2.29. The van der Waals surface area contributed by atoms with Gasteiger partial charge < -0.3 is 15.4 Å². The van der Waals surface area contributed by atoms with Crippen molar-refractivity contribution in [2.75, 3.05) is 5.32 Å². The fourth-order valence-electron chi connectivity index (χ4n) is 3.36. The Morgan fingerprint density at radius 2 is 1.68 bits per heavy atom. The third-order valence-electron chi connectivity index (χ3n) is 5.31. The molecule has 170 valence electrons. The second-order valence-electron chi connectivity index (χ2n) is 7.94. The van der Waals surface area contributed by atoms with E-state index in [9.17, 15) is 14.0 Å². The molecule has 1 saturated carbocycles. The lowest BCUT2D eigenvalue weighted by molar-refractivity contribution is 0.0951. The summed E-state index contributed by atoms with van der Waals surface area (Å²) in [6.45, 7) is 0. The Morgan fingerprint density at radius 3 is 2.35 bits per heavy atom. The van der Waals surface area contributed by atoms with Gasteiger partial charge >= 0.3 is 0 Å². The van der Waals surface area contributed by atoms with Gasteiger partial charge in [-0.15, -0.1) is 0 Å². The number of nitrogens with zero attached hydrogens (tertiary/aromatic N) is 2. The number of aromatic nitrogens is 2. The largest absolute Gasteiger partial charge is 0.453 e. The Morgan fingerprint density at radius 1 is 0.971 bits per heavy atom. The molecule has 0 unspecified atom stereocenters. The summed E-state index contributed by atoms with van der Waals surface area (Å²) < 4.78 is 20.5. The maximum atomic E-state index is 13.4. The number of halogens is 1. The van der Waals surface area contributed by atoms with Crippen molar-refractivity contribution < 1.29 is 13.9 Å². The molecular formula is C26H21FN4O3. The summed E-state index contributed by atoms with van der Waals surface area (Å²) in [5, 5.41) is 10.3. The molecule has 34 heavy (non-hydrogen) atoms. The fraction of sp³-hybridized carbons (Fsp3) is 0.115. The van der Waals surface area contributed by atoms with Crippen molar-refractivity contribution >= 4 is 17.3 Å². The summed E-state index contributed by atoms with van der Waals surface area (Å²) in [5.41, 5.74) is 1.22.